The van der Waals surface area contributed by atoms with Gasteiger partial charge in [0.2, 0.25) is 0 Å². The van der Waals surface area contributed by atoms with Crippen LogP contribution in [0.2, 0.25) is 0 Å². The summed E-state index contributed by atoms with van der Waals surface area (Å²) in [5.41, 5.74) is 3.38. The summed E-state index contributed by atoms with van der Waals surface area (Å²) in [6.07, 6.45) is 5.51. The number of carbonyl (C=O) groups is 1. The van der Waals surface area contributed by atoms with Crippen LogP contribution in [0.25, 0.3) is 16.6 Å². The minimum Gasteiger partial charge on any atom is -0.478 e. The van der Waals surface area contributed by atoms with Crippen molar-refractivity contribution in [2.24, 2.45) is 0 Å². The zero-order valence-corrected chi connectivity index (χ0v) is 13.2. The normalized spacial score (nSPS) is 10.4. The molecule has 0 atom stereocenters. The predicted molar refractivity (Wildman–Crippen MR) is 97.0 cm³/mol. The van der Waals surface area contributed by atoms with Crippen molar-refractivity contribution >= 4 is 16.9 Å². The zero-order chi connectivity index (χ0) is 17.2. The van der Waals surface area contributed by atoms with Crippen LogP contribution in [0.3, 0.4) is 0 Å². The lowest BCUT2D eigenvalue weighted by Gasteiger charge is -2.10. The molecule has 2 aromatic heterocycles. The number of hydrogen-bond donors (Lipinski definition) is 2. The van der Waals surface area contributed by atoms with E-state index < -0.39 is 5.97 Å². The molecule has 0 bridgehead atoms. The van der Waals surface area contributed by atoms with Crippen LogP contribution in [-0.2, 0) is 0 Å². The van der Waals surface area contributed by atoms with E-state index in [2.05, 4.69) is 16.8 Å². The number of rotatable bonds is 2. The first-order valence-electron chi connectivity index (χ1n) is 7.82. The van der Waals surface area contributed by atoms with Crippen LogP contribution in [0.15, 0.2) is 73.2 Å². The Kier molecular flexibility index (Phi) is 3.60. The van der Waals surface area contributed by atoms with Crippen LogP contribution in [0.4, 0.5) is 0 Å². The highest BCUT2D eigenvalue weighted by Gasteiger charge is 2.14. The summed E-state index contributed by atoms with van der Waals surface area (Å²) in [7, 11) is 0. The Balaban J connectivity index is 1.87. The van der Waals surface area contributed by atoms with Crippen molar-refractivity contribution in [1.29, 1.82) is 0 Å². The number of aromatic amines is 1. The van der Waals surface area contributed by atoms with Crippen molar-refractivity contribution in [2.45, 2.75) is 0 Å². The average Bonchev–Trinajstić information content (AvgIpc) is 3.29. The van der Waals surface area contributed by atoms with Crippen molar-refractivity contribution in [2.75, 3.05) is 0 Å². The summed E-state index contributed by atoms with van der Waals surface area (Å²) in [5.74, 6) is 5.33. The zero-order valence-electron chi connectivity index (χ0n) is 13.2. The third-order valence-electron chi connectivity index (χ3n) is 4.05. The van der Waals surface area contributed by atoms with Gasteiger partial charge in [-0.15, -0.1) is 0 Å². The van der Waals surface area contributed by atoms with Gasteiger partial charge >= 0.3 is 5.97 Å². The standard InChI is InChI=1S/C21H14N2O2/c24-21(25)18-8-5-6-15(20(18)23-12-3-4-13-23)10-11-16-14-22-19-9-2-1-7-17(16)19/h1-9,12-14,22H,(H,24,25). The first-order chi connectivity index (χ1) is 12.2. The van der Waals surface area contributed by atoms with E-state index in [0.717, 1.165) is 16.5 Å². The number of fused-ring (bicyclic) bond motifs is 1. The number of carboxylic acids is 1. The van der Waals surface area contributed by atoms with Crippen molar-refractivity contribution in [3.63, 3.8) is 0 Å². The average molecular weight is 326 g/mol. The lowest BCUT2D eigenvalue weighted by Crippen LogP contribution is -2.06. The first-order valence-corrected chi connectivity index (χ1v) is 7.82. The number of nitrogens with zero attached hydrogens (tertiary/aromatic N) is 1. The van der Waals surface area contributed by atoms with E-state index in [4.69, 9.17) is 0 Å². The van der Waals surface area contributed by atoms with E-state index >= 15 is 0 Å². The van der Waals surface area contributed by atoms with Gasteiger partial charge in [0.1, 0.15) is 0 Å². The summed E-state index contributed by atoms with van der Waals surface area (Å²) in [6.45, 7) is 0. The molecule has 120 valence electrons. The third kappa shape index (κ3) is 2.68. The molecule has 25 heavy (non-hydrogen) atoms. The van der Waals surface area contributed by atoms with Gasteiger partial charge in [-0.1, -0.05) is 36.1 Å². The maximum absolute atomic E-state index is 11.6. The molecule has 2 N–H and O–H groups in total. The molecule has 2 aromatic carbocycles. The molecule has 0 aliphatic carbocycles. The molecule has 4 heteroatoms. The molecule has 4 rings (SSSR count). The second-order valence-electron chi connectivity index (χ2n) is 5.60. The number of H-pyrrole nitrogens is 1. The van der Waals surface area contributed by atoms with E-state index in [-0.39, 0.29) is 5.56 Å². The molecule has 0 aliphatic rings. The van der Waals surface area contributed by atoms with E-state index in [1.807, 2.05) is 61.1 Å². The summed E-state index contributed by atoms with van der Waals surface area (Å²) < 4.78 is 1.78. The molecule has 4 nitrogen and oxygen atoms in total. The predicted octanol–water partition coefficient (Wildman–Crippen LogP) is 4.06. The van der Waals surface area contributed by atoms with Crippen LogP contribution in [0.5, 0.6) is 0 Å². The highest BCUT2D eigenvalue weighted by atomic mass is 16.4. The van der Waals surface area contributed by atoms with E-state index in [0.29, 0.717) is 11.3 Å². The van der Waals surface area contributed by atoms with E-state index in [1.165, 1.54) is 0 Å². The number of carboxylic acid groups (broad SMARTS) is 1. The molecule has 0 saturated carbocycles. The molecule has 0 amide bonds. The fraction of sp³-hybridized carbons (Fsp3) is 0. The minimum absolute atomic E-state index is 0.224. The Labute approximate surface area is 144 Å². The highest BCUT2D eigenvalue weighted by molar-refractivity contribution is 5.93. The summed E-state index contributed by atoms with van der Waals surface area (Å²) >= 11 is 0. The number of nitrogens with one attached hydrogen (secondary N) is 1. The van der Waals surface area contributed by atoms with Crippen molar-refractivity contribution in [3.8, 4) is 17.5 Å². The second-order valence-corrected chi connectivity index (χ2v) is 5.60. The third-order valence-corrected chi connectivity index (χ3v) is 4.05. The molecule has 0 fully saturated rings. The lowest BCUT2D eigenvalue weighted by atomic mass is 10.1. The van der Waals surface area contributed by atoms with Crippen molar-refractivity contribution in [1.82, 2.24) is 9.55 Å². The van der Waals surface area contributed by atoms with Crippen LogP contribution < -0.4 is 0 Å². The van der Waals surface area contributed by atoms with Gasteiger partial charge in [-0.25, -0.2) is 4.79 Å². The minimum atomic E-state index is -0.973. The maximum atomic E-state index is 11.6. The van der Waals surface area contributed by atoms with Gasteiger partial charge in [0.15, 0.2) is 0 Å². The molecule has 0 spiro atoms. The Morgan fingerprint density at radius 2 is 1.68 bits per heavy atom. The van der Waals surface area contributed by atoms with Gasteiger partial charge in [0.25, 0.3) is 0 Å². The number of hydrogen-bond acceptors (Lipinski definition) is 1. The molecular formula is C21H14N2O2. The van der Waals surface area contributed by atoms with Crippen LogP contribution in [-0.4, -0.2) is 20.6 Å². The molecule has 0 saturated heterocycles. The monoisotopic (exact) mass is 326 g/mol. The number of aromatic carboxylic acids is 1. The van der Waals surface area contributed by atoms with E-state index in [9.17, 15) is 9.90 Å². The summed E-state index contributed by atoms with van der Waals surface area (Å²) in [4.78, 5) is 14.8. The van der Waals surface area contributed by atoms with Crippen LogP contribution >= 0.6 is 0 Å². The smallest absolute Gasteiger partial charge is 0.337 e. The van der Waals surface area contributed by atoms with Crippen LogP contribution in [0.1, 0.15) is 21.5 Å². The Morgan fingerprint density at radius 1 is 0.920 bits per heavy atom. The Hall–Kier alpha value is -3.71. The van der Waals surface area contributed by atoms with Gasteiger partial charge in [-0.2, -0.15) is 0 Å². The number of aromatic nitrogens is 2. The van der Waals surface area contributed by atoms with Crippen molar-refractivity contribution in [3.05, 3.63) is 89.9 Å². The first kappa shape index (κ1) is 14.9. The molecule has 0 unspecified atom stereocenters. The van der Waals surface area contributed by atoms with Gasteiger partial charge in [0.05, 0.1) is 16.8 Å². The van der Waals surface area contributed by atoms with Crippen molar-refractivity contribution < 1.29 is 9.90 Å². The fourth-order valence-corrected chi connectivity index (χ4v) is 2.89. The maximum Gasteiger partial charge on any atom is 0.337 e. The SMILES string of the molecule is O=C(O)c1cccc(C#Cc2c[nH]c3ccccc23)c1-n1cccc1. The van der Waals surface area contributed by atoms with Gasteiger partial charge in [0, 0.05) is 35.1 Å². The molecule has 0 radical (unpaired) electrons. The van der Waals surface area contributed by atoms with E-state index in [1.54, 1.807) is 16.7 Å². The summed E-state index contributed by atoms with van der Waals surface area (Å²) in [5, 5.41) is 10.6. The van der Waals surface area contributed by atoms with Gasteiger partial charge in [-0.05, 0) is 30.3 Å². The quantitative estimate of drug-likeness (QED) is 0.546. The molecular weight excluding hydrogens is 312 g/mol. The molecule has 2 heterocycles. The summed E-state index contributed by atoms with van der Waals surface area (Å²) in [6, 6.07) is 16.8. The molecule has 0 aliphatic heterocycles. The van der Waals surface area contributed by atoms with Gasteiger partial charge < -0.3 is 14.7 Å². The number of benzene rings is 2. The lowest BCUT2D eigenvalue weighted by molar-refractivity contribution is 0.0697. The highest BCUT2D eigenvalue weighted by Crippen LogP contribution is 2.21. The molecule has 4 aromatic rings. The van der Waals surface area contributed by atoms with Gasteiger partial charge in [-0.3, -0.25) is 0 Å². The Bertz CT molecular complexity index is 1130. The second kappa shape index (κ2) is 6.06. The number of para-hydroxylation sites is 2. The topological polar surface area (TPSA) is 58.0 Å². The largest absolute Gasteiger partial charge is 0.478 e. The van der Waals surface area contributed by atoms with Crippen LogP contribution in [0, 0.1) is 11.8 Å². The fourth-order valence-electron chi connectivity index (χ4n) is 2.89. The Morgan fingerprint density at radius 3 is 2.48 bits per heavy atom.